The van der Waals surface area contributed by atoms with Crippen LogP contribution in [0.4, 0.5) is 0 Å². The van der Waals surface area contributed by atoms with Crippen molar-refractivity contribution in [3.05, 3.63) is 47.7 Å². The number of hydrogen-bond donors (Lipinski definition) is 0. The van der Waals surface area contributed by atoms with Crippen molar-refractivity contribution in [2.75, 3.05) is 25.5 Å². The van der Waals surface area contributed by atoms with Gasteiger partial charge < -0.3 is 14.1 Å². The third kappa shape index (κ3) is 4.12. The molecular formula is C20H24N2O5S. The summed E-state index contributed by atoms with van der Waals surface area (Å²) in [7, 11) is -3.46. The van der Waals surface area contributed by atoms with E-state index in [1.165, 1.54) is 0 Å². The number of carbonyl (C=O) groups is 1. The molecule has 0 radical (unpaired) electrons. The Hall–Kier alpha value is -2.19. The van der Waals surface area contributed by atoms with E-state index in [0.717, 1.165) is 43.4 Å². The predicted octanol–water partition coefficient (Wildman–Crippen LogP) is 2.32. The Morgan fingerprint density at radius 1 is 1.18 bits per heavy atom. The number of ether oxygens (including phenoxy) is 1. The summed E-state index contributed by atoms with van der Waals surface area (Å²) in [6.45, 7) is 2.35. The second-order valence-corrected chi connectivity index (χ2v) is 9.36. The molecule has 0 aliphatic carbocycles. The average molecular weight is 404 g/mol. The van der Waals surface area contributed by atoms with Crippen LogP contribution in [0.5, 0.6) is 0 Å². The Kier molecular flexibility index (Phi) is 5.50. The molecule has 0 N–H and O–H groups in total. The number of amides is 1. The van der Waals surface area contributed by atoms with Crippen molar-refractivity contribution >= 4 is 15.7 Å². The Morgan fingerprint density at radius 3 is 2.68 bits per heavy atom. The van der Waals surface area contributed by atoms with E-state index < -0.39 is 9.84 Å². The summed E-state index contributed by atoms with van der Waals surface area (Å²) < 4.78 is 36.1. The number of hydrogen-bond acceptors (Lipinski definition) is 6. The zero-order valence-corrected chi connectivity index (χ0v) is 16.5. The fourth-order valence-electron chi connectivity index (χ4n) is 3.68. The molecule has 150 valence electrons. The van der Waals surface area contributed by atoms with Gasteiger partial charge in [0.2, 0.25) is 5.91 Å². The van der Waals surface area contributed by atoms with Crippen LogP contribution in [-0.2, 0) is 32.3 Å². The van der Waals surface area contributed by atoms with Crippen molar-refractivity contribution in [2.45, 2.75) is 43.0 Å². The van der Waals surface area contributed by atoms with Gasteiger partial charge in [-0.3, -0.25) is 4.79 Å². The maximum Gasteiger partial charge on any atom is 0.223 e. The molecule has 2 aliphatic heterocycles. The number of benzene rings is 1. The van der Waals surface area contributed by atoms with Crippen LogP contribution >= 0.6 is 0 Å². The lowest BCUT2D eigenvalue weighted by molar-refractivity contribution is -0.131. The van der Waals surface area contributed by atoms with Gasteiger partial charge in [-0.25, -0.2) is 13.4 Å². The monoisotopic (exact) mass is 404 g/mol. The van der Waals surface area contributed by atoms with Crippen LogP contribution < -0.4 is 0 Å². The highest BCUT2D eigenvalue weighted by Crippen LogP contribution is 2.30. The normalized spacial score (nSPS) is 18.1. The summed E-state index contributed by atoms with van der Waals surface area (Å²) in [6.07, 6.45) is 2.39. The van der Waals surface area contributed by atoms with E-state index >= 15 is 0 Å². The van der Waals surface area contributed by atoms with Crippen molar-refractivity contribution in [2.24, 2.45) is 0 Å². The molecule has 0 spiro atoms. The van der Waals surface area contributed by atoms with Crippen molar-refractivity contribution in [1.29, 1.82) is 0 Å². The van der Waals surface area contributed by atoms with Crippen molar-refractivity contribution < 1.29 is 22.4 Å². The summed E-state index contributed by atoms with van der Waals surface area (Å²) in [5, 5.41) is 0. The first-order chi connectivity index (χ1) is 13.5. The Morgan fingerprint density at radius 2 is 1.93 bits per heavy atom. The topological polar surface area (TPSA) is 89.7 Å². The van der Waals surface area contributed by atoms with Gasteiger partial charge in [-0.2, -0.15) is 0 Å². The molecule has 0 bridgehead atoms. The molecule has 7 nitrogen and oxygen atoms in total. The number of fused-ring (bicyclic) bond motifs is 1. The van der Waals surface area contributed by atoms with Gasteiger partial charge in [0.15, 0.2) is 15.7 Å². The Bertz CT molecular complexity index is 933. The van der Waals surface area contributed by atoms with Gasteiger partial charge in [0.1, 0.15) is 11.5 Å². The minimum Gasteiger partial charge on any atom is -0.445 e. The molecule has 2 aliphatic rings. The van der Waals surface area contributed by atoms with Crippen LogP contribution in [0.1, 0.15) is 42.5 Å². The van der Waals surface area contributed by atoms with Gasteiger partial charge in [-0.05, 0) is 25.0 Å². The lowest BCUT2D eigenvalue weighted by Crippen LogP contribution is -2.36. The van der Waals surface area contributed by atoms with E-state index in [2.05, 4.69) is 4.98 Å². The zero-order chi connectivity index (χ0) is 19.6. The number of carbonyl (C=O) groups excluding carboxylic acids is 1. The lowest BCUT2D eigenvalue weighted by atomic mass is 10.0. The van der Waals surface area contributed by atoms with E-state index in [-0.39, 0.29) is 28.9 Å². The first kappa shape index (κ1) is 19.1. The number of aromatic nitrogens is 1. The number of nitrogens with zero attached hydrogens (tertiary/aromatic N) is 2. The van der Waals surface area contributed by atoms with Crippen molar-refractivity contribution in [3.63, 3.8) is 0 Å². The molecule has 0 saturated carbocycles. The third-order valence-corrected chi connectivity index (χ3v) is 7.09. The number of rotatable bonds is 5. The Labute approximate surface area is 164 Å². The summed E-state index contributed by atoms with van der Waals surface area (Å²) >= 11 is 0. The van der Waals surface area contributed by atoms with Crippen LogP contribution in [0.15, 0.2) is 39.6 Å². The van der Waals surface area contributed by atoms with Gasteiger partial charge in [-0.15, -0.1) is 0 Å². The quantitative estimate of drug-likeness (QED) is 0.760. The first-order valence-electron chi connectivity index (χ1n) is 9.65. The minimum atomic E-state index is -3.46. The van der Waals surface area contributed by atoms with Gasteiger partial charge in [-0.1, -0.05) is 18.2 Å². The average Bonchev–Trinajstić information content (AvgIpc) is 3.17. The number of sulfone groups is 1. The molecule has 28 heavy (non-hydrogen) atoms. The summed E-state index contributed by atoms with van der Waals surface area (Å²) in [4.78, 5) is 19.1. The third-order valence-electron chi connectivity index (χ3n) is 5.35. The summed E-state index contributed by atoms with van der Waals surface area (Å²) in [5.41, 5.74) is 0.798. The van der Waals surface area contributed by atoms with Crippen LogP contribution in [0.25, 0.3) is 0 Å². The smallest absolute Gasteiger partial charge is 0.223 e. The molecule has 0 unspecified atom stereocenters. The molecule has 8 heteroatoms. The molecule has 1 aromatic carbocycles. The fraction of sp³-hybridized carbons (Fsp3) is 0.500. The summed E-state index contributed by atoms with van der Waals surface area (Å²) in [5.74, 6) is 1.52. The van der Waals surface area contributed by atoms with E-state index in [9.17, 15) is 13.2 Å². The highest BCUT2D eigenvalue weighted by Gasteiger charge is 2.29. The molecule has 2 aromatic rings. The second-order valence-electron chi connectivity index (χ2n) is 7.26. The molecule has 1 aromatic heterocycles. The van der Waals surface area contributed by atoms with Crippen LogP contribution in [0.3, 0.4) is 0 Å². The van der Waals surface area contributed by atoms with Crippen molar-refractivity contribution in [3.8, 4) is 0 Å². The first-order valence-corrected chi connectivity index (χ1v) is 11.3. The van der Waals surface area contributed by atoms with Crippen molar-refractivity contribution in [1.82, 2.24) is 9.88 Å². The Balaban J connectivity index is 1.37. The van der Waals surface area contributed by atoms with Gasteiger partial charge in [0.25, 0.3) is 0 Å². The standard InChI is InChI=1S/C20H24N2O5S/c23-19(9-13-28(24,25)16-4-2-1-3-5-16)22-10-6-18-17(14-22)21-20(27-18)15-7-11-26-12-8-15/h1-5,15H,6-14H2. The molecule has 0 atom stereocenters. The van der Waals surface area contributed by atoms with Gasteiger partial charge >= 0.3 is 0 Å². The molecule has 3 heterocycles. The van der Waals surface area contributed by atoms with E-state index in [1.807, 2.05) is 0 Å². The van der Waals surface area contributed by atoms with Crippen LogP contribution in [0.2, 0.25) is 0 Å². The number of oxazole rings is 1. The van der Waals surface area contributed by atoms with Gasteiger partial charge in [0.05, 0.1) is 17.2 Å². The molecule has 4 rings (SSSR count). The maximum atomic E-state index is 12.6. The minimum absolute atomic E-state index is 0.0305. The van der Waals surface area contributed by atoms with Crippen LogP contribution in [-0.4, -0.2) is 49.7 Å². The molecular weight excluding hydrogens is 380 g/mol. The highest BCUT2D eigenvalue weighted by atomic mass is 32.2. The zero-order valence-electron chi connectivity index (χ0n) is 15.7. The maximum absolute atomic E-state index is 12.6. The van der Waals surface area contributed by atoms with E-state index in [1.54, 1.807) is 35.2 Å². The molecule has 1 fully saturated rings. The van der Waals surface area contributed by atoms with Crippen LogP contribution in [0, 0.1) is 0 Å². The predicted molar refractivity (Wildman–Crippen MR) is 102 cm³/mol. The highest BCUT2D eigenvalue weighted by molar-refractivity contribution is 7.91. The van der Waals surface area contributed by atoms with Gasteiger partial charge in [0, 0.05) is 38.5 Å². The van der Waals surface area contributed by atoms with E-state index in [0.29, 0.717) is 19.5 Å². The lowest BCUT2D eigenvalue weighted by Gasteiger charge is -2.25. The second kappa shape index (κ2) is 8.05. The SMILES string of the molecule is O=C(CCS(=O)(=O)c1ccccc1)N1CCc2oc(C3CCOCC3)nc2C1. The molecule has 1 amide bonds. The molecule has 1 saturated heterocycles. The fourth-order valence-corrected chi connectivity index (χ4v) is 4.93. The van der Waals surface area contributed by atoms with E-state index in [4.69, 9.17) is 9.15 Å². The largest absolute Gasteiger partial charge is 0.445 e. The summed E-state index contributed by atoms with van der Waals surface area (Å²) in [6, 6.07) is 8.24.